The summed E-state index contributed by atoms with van der Waals surface area (Å²) >= 11 is 1.66. The van der Waals surface area contributed by atoms with Crippen LogP contribution < -0.4 is 5.32 Å². The van der Waals surface area contributed by atoms with E-state index in [4.69, 9.17) is 0 Å². The van der Waals surface area contributed by atoms with E-state index in [1.165, 1.54) is 6.42 Å². The number of aromatic nitrogens is 1. The molecule has 0 radical (unpaired) electrons. The number of likely N-dealkylation sites (tertiary alicyclic amines) is 1. The third-order valence-corrected chi connectivity index (χ3v) is 5.78. The van der Waals surface area contributed by atoms with Crippen molar-refractivity contribution in [2.45, 2.75) is 39.0 Å². The smallest absolute Gasteiger partial charge is 0.228 e. The molecule has 1 aromatic heterocycles. The lowest BCUT2D eigenvalue weighted by Crippen LogP contribution is -2.44. The highest BCUT2D eigenvalue weighted by atomic mass is 35.5. The minimum atomic E-state index is 0. The molecular formula is C15H25Cl2N3OS. The molecule has 3 rings (SSSR count). The second kappa shape index (κ2) is 8.48. The van der Waals surface area contributed by atoms with Gasteiger partial charge in [-0.25, -0.2) is 4.98 Å². The molecule has 1 spiro atoms. The van der Waals surface area contributed by atoms with Crippen molar-refractivity contribution in [3.8, 4) is 0 Å². The maximum absolute atomic E-state index is 12.3. The lowest BCUT2D eigenvalue weighted by atomic mass is 9.78. The molecule has 0 aliphatic carbocycles. The number of hydrogen-bond acceptors (Lipinski definition) is 4. The highest BCUT2D eigenvalue weighted by Crippen LogP contribution is 2.36. The van der Waals surface area contributed by atoms with Crippen LogP contribution in [0.15, 0.2) is 5.38 Å². The molecule has 2 aliphatic heterocycles. The first-order valence-corrected chi connectivity index (χ1v) is 8.50. The summed E-state index contributed by atoms with van der Waals surface area (Å²) in [5.74, 6) is 0.249. The second-order valence-corrected chi connectivity index (χ2v) is 7.01. The number of nitrogens with zero attached hydrogens (tertiary/aromatic N) is 2. The van der Waals surface area contributed by atoms with Crippen LogP contribution in [0, 0.1) is 5.41 Å². The number of hydrogen-bond donors (Lipinski definition) is 1. The first kappa shape index (κ1) is 19.7. The first-order valence-electron chi connectivity index (χ1n) is 7.62. The van der Waals surface area contributed by atoms with Crippen LogP contribution in [0.2, 0.25) is 0 Å². The van der Waals surface area contributed by atoms with Crippen molar-refractivity contribution in [2.24, 2.45) is 5.41 Å². The molecule has 7 heteroatoms. The topological polar surface area (TPSA) is 45.2 Å². The molecule has 2 fully saturated rings. The summed E-state index contributed by atoms with van der Waals surface area (Å²) in [7, 11) is 0. The zero-order chi connectivity index (χ0) is 14.0. The van der Waals surface area contributed by atoms with E-state index in [0.717, 1.165) is 56.1 Å². The fourth-order valence-corrected chi connectivity index (χ4v) is 4.06. The van der Waals surface area contributed by atoms with Crippen molar-refractivity contribution in [1.82, 2.24) is 15.2 Å². The summed E-state index contributed by atoms with van der Waals surface area (Å²) in [5.41, 5.74) is 1.42. The van der Waals surface area contributed by atoms with Gasteiger partial charge in [0.15, 0.2) is 0 Å². The monoisotopic (exact) mass is 365 g/mol. The van der Waals surface area contributed by atoms with E-state index in [2.05, 4.69) is 17.2 Å². The number of amides is 1. The molecule has 2 saturated heterocycles. The lowest BCUT2D eigenvalue weighted by Gasteiger charge is -2.38. The van der Waals surface area contributed by atoms with Crippen molar-refractivity contribution in [3.05, 3.63) is 16.1 Å². The molecule has 0 bridgehead atoms. The van der Waals surface area contributed by atoms with Crippen molar-refractivity contribution in [1.29, 1.82) is 0 Å². The van der Waals surface area contributed by atoms with Crippen LogP contribution in [0.5, 0.6) is 0 Å². The van der Waals surface area contributed by atoms with Crippen molar-refractivity contribution in [3.63, 3.8) is 0 Å². The normalized spacial score (nSPS) is 19.6. The Morgan fingerprint density at radius 1 is 1.36 bits per heavy atom. The highest BCUT2D eigenvalue weighted by molar-refractivity contribution is 7.09. The Balaban J connectivity index is 0.00000121. The van der Waals surface area contributed by atoms with Gasteiger partial charge in [-0.3, -0.25) is 4.79 Å². The first-order chi connectivity index (χ1) is 9.71. The molecule has 126 valence electrons. The molecular weight excluding hydrogens is 341 g/mol. The van der Waals surface area contributed by atoms with Crippen molar-refractivity contribution >= 4 is 42.1 Å². The zero-order valence-electron chi connectivity index (χ0n) is 13.0. The van der Waals surface area contributed by atoms with E-state index in [0.29, 0.717) is 11.8 Å². The molecule has 1 N–H and O–H groups in total. The largest absolute Gasteiger partial charge is 0.342 e. The fourth-order valence-electron chi connectivity index (χ4n) is 3.31. The second-order valence-electron chi connectivity index (χ2n) is 6.07. The molecule has 0 unspecified atom stereocenters. The van der Waals surface area contributed by atoms with Crippen molar-refractivity contribution < 1.29 is 4.79 Å². The lowest BCUT2D eigenvalue weighted by molar-refractivity contribution is -0.132. The molecule has 1 amide bonds. The Morgan fingerprint density at radius 2 is 2.09 bits per heavy atom. The van der Waals surface area contributed by atoms with Crippen LogP contribution in [-0.4, -0.2) is 42.0 Å². The number of rotatable bonds is 3. The Morgan fingerprint density at radius 3 is 2.64 bits per heavy atom. The Bertz CT molecular complexity index is 479. The maximum atomic E-state index is 12.3. The van der Waals surface area contributed by atoms with E-state index in [1.54, 1.807) is 11.3 Å². The summed E-state index contributed by atoms with van der Waals surface area (Å²) < 4.78 is 0. The number of halogens is 2. The van der Waals surface area contributed by atoms with Crippen LogP contribution in [0.3, 0.4) is 0 Å². The SMILES string of the molecule is CCc1nc(CC(=O)N2CCC3(CCNC3)CC2)cs1.Cl.Cl. The standard InChI is InChI=1S/C15H23N3OS.2ClH/c1-2-13-17-12(10-20-13)9-14(19)18-7-4-15(5-8-18)3-6-16-11-15;;/h10,16H,2-9,11H2,1H3;2*1H. The number of thiazole rings is 1. The average molecular weight is 366 g/mol. The highest BCUT2D eigenvalue weighted by Gasteiger charge is 2.37. The summed E-state index contributed by atoms with van der Waals surface area (Å²) in [6, 6.07) is 0. The van der Waals surface area contributed by atoms with Gasteiger partial charge < -0.3 is 10.2 Å². The number of piperidine rings is 1. The summed E-state index contributed by atoms with van der Waals surface area (Å²) in [5, 5.41) is 6.62. The van der Waals surface area contributed by atoms with Gasteiger partial charge in [0.05, 0.1) is 17.1 Å². The molecule has 1 aromatic rings. The van der Waals surface area contributed by atoms with Crippen molar-refractivity contribution in [2.75, 3.05) is 26.2 Å². The number of carbonyl (C=O) groups is 1. The van der Waals surface area contributed by atoms with Gasteiger partial charge in [0.25, 0.3) is 0 Å². The van der Waals surface area contributed by atoms with Gasteiger partial charge in [-0.15, -0.1) is 36.2 Å². The maximum Gasteiger partial charge on any atom is 0.228 e. The summed E-state index contributed by atoms with van der Waals surface area (Å²) in [6.45, 7) is 6.23. The van der Waals surface area contributed by atoms with Gasteiger partial charge in [0.2, 0.25) is 5.91 Å². The van der Waals surface area contributed by atoms with Gasteiger partial charge in [0.1, 0.15) is 0 Å². The molecule has 0 aromatic carbocycles. The summed E-state index contributed by atoms with van der Waals surface area (Å²) in [4.78, 5) is 18.9. The Hall–Kier alpha value is -0.360. The van der Waals surface area contributed by atoms with Gasteiger partial charge in [-0.05, 0) is 37.6 Å². The number of aryl methyl sites for hydroxylation is 1. The van der Waals surface area contributed by atoms with Crippen LogP contribution in [0.4, 0.5) is 0 Å². The molecule has 0 atom stereocenters. The third kappa shape index (κ3) is 4.34. The van der Waals surface area contributed by atoms with Gasteiger partial charge in [0, 0.05) is 25.0 Å². The van der Waals surface area contributed by atoms with Gasteiger partial charge in [-0.1, -0.05) is 6.92 Å². The van der Waals surface area contributed by atoms with E-state index in [-0.39, 0.29) is 30.7 Å². The van der Waals surface area contributed by atoms with E-state index < -0.39 is 0 Å². The number of carbonyl (C=O) groups excluding carboxylic acids is 1. The minimum absolute atomic E-state index is 0. The van der Waals surface area contributed by atoms with Crippen LogP contribution in [0.1, 0.15) is 36.9 Å². The number of nitrogens with one attached hydrogen (secondary N) is 1. The third-order valence-electron chi connectivity index (χ3n) is 4.74. The Labute approximate surface area is 148 Å². The predicted octanol–water partition coefficient (Wildman–Crippen LogP) is 2.69. The molecule has 2 aliphatic rings. The molecule has 22 heavy (non-hydrogen) atoms. The molecule has 3 heterocycles. The van der Waals surface area contributed by atoms with Crippen LogP contribution in [0.25, 0.3) is 0 Å². The summed E-state index contributed by atoms with van der Waals surface area (Å²) in [6.07, 6.45) is 5.02. The van der Waals surface area contributed by atoms with E-state index in [9.17, 15) is 4.79 Å². The minimum Gasteiger partial charge on any atom is -0.342 e. The van der Waals surface area contributed by atoms with Gasteiger partial charge in [-0.2, -0.15) is 0 Å². The van der Waals surface area contributed by atoms with Crippen LogP contribution >= 0.6 is 36.2 Å². The quantitative estimate of drug-likeness (QED) is 0.895. The Kier molecular flexibility index (Phi) is 7.59. The van der Waals surface area contributed by atoms with Crippen LogP contribution in [-0.2, 0) is 17.6 Å². The average Bonchev–Trinajstić information content (AvgIpc) is 3.09. The molecule has 0 saturated carbocycles. The van der Waals surface area contributed by atoms with E-state index >= 15 is 0 Å². The molecule has 4 nitrogen and oxygen atoms in total. The zero-order valence-corrected chi connectivity index (χ0v) is 15.4. The van der Waals surface area contributed by atoms with Gasteiger partial charge >= 0.3 is 0 Å². The fraction of sp³-hybridized carbons (Fsp3) is 0.733. The predicted molar refractivity (Wildman–Crippen MR) is 95.4 cm³/mol. The van der Waals surface area contributed by atoms with E-state index in [1.807, 2.05) is 10.3 Å².